The summed E-state index contributed by atoms with van der Waals surface area (Å²) >= 11 is 6.81. The number of carbonyl (C=O) groups excluding carboxylic acids is 2. The van der Waals surface area contributed by atoms with Crippen LogP contribution in [0.2, 0.25) is 5.15 Å². The van der Waals surface area contributed by atoms with Crippen molar-refractivity contribution in [3.8, 4) is 56.7 Å². The summed E-state index contributed by atoms with van der Waals surface area (Å²) in [7, 11) is 0. The van der Waals surface area contributed by atoms with Gasteiger partial charge >= 0.3 is 12.2 Å². The zero-order chi connectivity index (χ0) is 50.7. The average molecular weight is 994 g/mol. The van der Waals surface area contributed by atoms with Gasteiger partial charge in [0.1, 0.15) is 22.9 Å². The predicted molar refractivity (Wildman–Crippen MR) is 286 cm³/mol. The van der Waals surface area contributed by atoms with Crippen molar-refractivity contribution in [3.63, 3.8) is 0 Å². The molecule has 4 aliphatic rings. The highest BCUT2D eigenvalue weighted by Crippen LogP contribution is 2.47. The number of fused-ring (bicyclic) bond motifs is 10. The molecule has 15 heteroatoms. The first-order chi connectivity index (χ1) is 35.1. The van der Waals surface area contributed by atoms with Crippen LogP contribution in [0.3, 0.4) is 0 Å². The Bertz CT molecular complexity index is 3400. The molecule has 0 unspecified atom stereocenters. The Morgan fingerprint density at radius 2 is 1.04 bits per heavy atom. The first-order valence-electron chi connectivity index (χ1n) is 24.8. The number of pyridine rings is 2. The van der Waals surface area contributed by atoms with Gasteiger partial charge in [0.05, 0.1) is 51.4 Å². The molecule has 0 saturated heterocycles. The summed E-state index contributed by atoms with van der Waals surface area (Å²) in [6.45, 7) is 11.2. The van der Waals surface area contributed by atoms with Crippen LogP contribution in [-0.2, 0) is 20.6 Å². The molecule has 370 valence electrons. The Morgan fingerprint density at radius 1 is 0.575 bits per heavy atom. The normalized spacial score (nSPS) is 15.3. The number of alkyl carbamates (subject to hydrolysis) is 2. The molecule has 2 aliphatic heterocycles. The van der Waals surface area contributed by atoms with Crippen molar-refractivity contribution in [1.82, 2.24) is 39.7 Å². The third-order valence-electron chi connectivity index (χ3n) is 13.8. The van der Waals surface area contributed by atoms with Crippen molar-refractivity contribution >= 4 is 46.8 Å². The Morgan fingerprint density at radius 3 is 1.52 bits per heavy atom. The maximum atomic E-state index is 12.6. The lowest BCUT2D eigenvalue weighted by atomic mass is 9.72. The van der Waals surface area contributed by atoms with Gasteiger partial charge in [-0.2, -0.15) is 0 Å². The van der Waals surface area contributed by atoms with Gasteiger partial charge in [0, 0.05) is 34.6 Å². The van der Waals surface area contributed by atoms with Crippen molar-refractivity contribution in [2.24, 2.45) is 0 Å². The zero-order valence-corrected chi connectivity index (χ0v) is 42.5. The van der Waals surface area contributed by atoms with E-state index in [4.69, 9.17) is 31.0 Å². The number of imidazole rings is 2. The minimum Gasteiger partial charge on any atom is -0.444 e. The minimum absolute atomic E-state index is 0.373. The van der Waals surface area contributed by atoms with Gasteiger partial charge in [-0.1, -0.05) is 84.4 Å². The fourth-order valence-corrected chi connectivity index (χ4v) is 10.4. The number of para-hydroxylation sites is 2. The van der Waals surface area contributed by atoms with Crippen LogP contribution >= 0.6 is 11.6 Å². The van der Waals surface area contributed by atoms with Gasteiger partial charge in [-0.05, 0) is 140 Å². The molecule has 8 aromatic rings. The number of carbonyl (C=O) groups is 2. The highest BCUT2D eigenvalue weighted by molar-refractivity contribution is 6.32. The highest BCUT2D eigenvalue weighted by atomic mass is 35.5. The summed E-state index contributed by atoms with van der Waals surface area (Å²) in [5.74, 6) is 3.14. The molecular formula is C58H57ClN10O4. The molecule has 12 rings (SSSR count). The average Bonchev–Trinajstić information content (AvgIpc) is 3.85. The molecule has 4 N–H and O–H groups in total. The molecule has 0 spiro atoms. The van der Waals surface area contributed by atoms with E-state index in [0.29, 0.717) is 5.15 Å². The Hall–Kier alpha value is -7.97. The SMILES string of the molecule is CC(C)(C)OC(=O)NC1(c2ccc(-c3c(Cl)nc4n3-c3cccnc3Nc3ccccc3-4)cc2)CCC1.CC(C)(C)OC(=O)NC1(c2ccc(-c3cnc4n3-c3cccnc3Nc3ccccc3-4)cc2)CCC1. The van der Waals surface area contributed by atoms with Crippen molar-refractivity contribution in [2.75, 3.05) is 10.6 Å². The molecule has 4 aromatic carbocycles. The van der Waals surface area contributed by atoms with E-state index in [0.717, 1.165) is 129 Å². The Kier molecular flexibility index (Phi) is 11.8. The van der Waals surface area contributed by atoms with E-state index < -0.39 is 22.8 Å². The van der Waals surface area contributed by atoms with Gasteiger partial charge in [0.15, 0.2) is 16.8 Å². The van der Waals surface area contributed by atoms with E-state index in [-0.39, 0.29) is 11.6 Å². The van der Waals surface area contributed by atoms with Gasteiger partial charge in [0.25, 0.3) is 0 Å². The third kappa shape index (κ3) is 9.05. The van der Waals surface area contributed by atoms with Gasteiger partial charge in [-0.3, -0.25) is 9.13 Å². The van der Waals surface area contributed by atoms with Crippen LogP contribution in [0.25, 0.3) is 56.7 Å². The summed E-state index contributed by atoms with van der Waals surface area (Å²) in [5.41, 5.74) is 9.68. The molecule has 2 saturated carbocycles. The Labute approximate surface area is 429 Å². The second-order valence-electron chi connectivity index (χ2n) is 21.1. The maximum Gasteiger partial charge on any atom is 0.408 e. The van der Waals surface area contributed by atoms with Gasteiger partial charge in [0.2, 0.25) is 0 Å². The molecule has 14 nitrogen and oxygen atoms in total. The molecule has 0 bridgehead atoms. The summed E-state index contributed by atoms with van der Waals surface area (Å²) in [6.07, 6.45) is 10.4. The minimum atomic E-state index is -0.548. The van der Waals surface area contributed by atoms with E-state index in [1.807, 2.05) is 121 Å². The smallest absolute Gasteiger partial charge is 0.408 e. The van der Waals surface area contributed by atoms with E-state index in [9.17, 15) is 9.59 Å². The topological polar surface area (TPSA) is 162 Å². The number of ether oxygens (including phenoxy) is 2. The van der Waals surface area contributed by atoms with E-state index in [1.54, 1.807) is 12.4 Å². The van der Waals surface area contributed by atoms with Crippen LogP contribution in [0.5, 0.6) is 0 Å². The zero-order valence-electron chi connectivity index (χ0n) is 41.7. The van der Waals surface area contributed by atoms with E-state index in [1.165, 1.54) is 0 Å². The van der Waals surface area contributed by atoms with E-state index >= 15 is 0 Å². The number of nitrogens with zero attached hydrogens (tertiary/aromatic N) is 6. The Balaban J connectivity index is 0.000000157. The first kappa shape index (κ1) is 47.4. The molecule has 2 fully saturated rings. The summed E-state index contributed by atoms with van der Waals surface area (Å²) in [4.78, 5) is 43.9. The molecule has 6 heterocycles. The van der Waals surface area contributed by atoms with Crippen LogP contribution in [0, 0.1) is 0 Å². The molecule has 2 amide bonds. The summed E-state index contributed by atoms with van der Waals surface area (Å²) < 4.78 is 15.3. The number of anilines is 4. The number of benzene rings is 4. The molecule has 0 atom stereocenters. The molecule has 2 aliphatic carbocycles. The van der Waals surface area contributed by atoms with Crippen LogP contribution in [0.15, 0.2) is 140 Å². The van der Waals surface area contributed by atoms with Crippen LogP contribution in [0.4, 0.5) is 32.6 Å². The van der Waals surface area contributed by atoms with Gasteiger partial charge in [-0.15, -0.1) is 0 Å². The van der Waals surface area contributed by atoms with Crippen molar-refractivity contribution in [2.45, 2.75) is 102 Å². The van der Waals surface area contributed by atoms with E-state index in [2.05, 4.69) is 88.9 Å². The lowest BCUT2D eigenvalue weighted by Crippen LogP contribution is -2.52. The standard InChI is InChI=1S/C29H28ClN5O2.C29H29N5O2/c1-28(2,3)37-27(36)34-29(15-7-16-29)19-13-11-18(12-14-19)23-24(30)33-26-20-8-4-5-9-21(20)32-25-22(35(23)26)10-6-17-31-25;1-28(2,3)36-27(35)33-29(15-7-16-29)20-13-11-19(12-14-20)24-18-31-26-21-8-4-5-9-22(21)32-25-23(34(24)26)10-6-17-30-25/h4-6,8-14,17H,7,15-16H2,1-3H3,(H,31,32)(H,34,36);4-6,8-14,17-18H,7,15-16H2,1-3H3,(H,30,32)(H,33,35). The van der Waals surface area contributed by atoms with Gasteiger partial charge in [-0.25, -0.2) is 29.5 Å². The highest BCUT2D eigenvalue weighted by Gasteiger charge is 2.43. The number of hydrogen-bond donors (Lipinski definition) is 4. The van der Waals surface area contributed by atoms with Crippen LogP contribution in [0.1, 0.15) is 91.2 Å². The predicted octanol–water partition coefficient (Wildman–Crippen LogP) is 13.8. The molecule has 73 heavy (non-hydrogen) atoms. The lowest BCUT2D eigenvalue weighted by Gasteiger charge is -2.43. The second-order valence-corrected chi connectivity index (χ2v) is 21.4. The van der Waals surface area contributed by atoms with Crippen molar-refractivity contribution in [1.29, 1.82) is 0 Å². The number of nitrogens with one attached hydrogen (secondary N) is 4. The third-order valence-corrected chi connectivity index (χ3v) is 14.1. The molecular weight excluding hydrogens is 936 g/mol. The van der Waals surface area contributed by atoms with Crippen molar-refractivity contribution in [3.05, 3.63) is 156 Å². The van der Waals surface area contributed by atoms with Gasteiger partial charge < -0.3 is 30.7 Å². The van der Waals surface area contributed by atoms with Crippen molar-refractivity contribution < 1.29 is 19.1 Å². The second kappa shape index (κ2) is 18.3. The number of hydrogen-bond acceptors (Lipinski definition) is 10. The fourth-order valence-electron chi connectivity index (χ4n) is 10.2. The number of amides is 2. The number of aromatic nitrogens is 6. The van der Waals surface area contributed by atoms with Crippen LogP contribution in [-0.4, -0.2) is 52.5 Å². The fraction of sp³-hybridized carbons (Fsp3) is 0.276. The lowest BCUT2D eigenvalue weighted by molar-refractivity contribution is 0.0365. The summed E-state index contributed by atoms with van der Waals surface area (Å²) in [6, 6.07) is 40.7. The number of halogens is 1. The molecule has 0 radical (unpaired) electrons. The quantitative estimate of drug-likeness (QED) is 0.126. The monoisotopic (exact) mass is 992 g/mol. The first-order valence-corrected chi connectivity index (χ1v) is 25.2. The largest absolute Gasteiger partial charge is 0.444 e. The summed E-state index contributed by atoms with van der Waals surface area (Å²) in [5, 5.41) is 13.6. The number of rotatable bonds is 6. The molecule has 4 aromatic heterocycles. The van der Waals surface area contributed by atoms with Crippen LogP contribution < -0.4 is 21.3 Å². The maximum absolute atomic E-state index is 12.6.